The van der Waals surface area contributed by atoms with Crippen LogP contribution in [0.5, 0.6) is 0 Å². The molecular weight excluding hydrogens is 322 g/mol. The number of rotatable bonds is 3. The lowest BCUT2D eigenvalue weighted by Gasteiger charge is -2.46. The molecule has 20 heavy (non-hydrogen) atoms. The summed E-state index contributed by atoms with van der Waals surface area (Å²) in [7, 11) is 0. The number of carbonyl (C=O) groups is 1. The molecule has 2 heterocycles. The van der Waals surface area contributed by atoms with E-state index in [4.69, 9.17) is 4.42 Å². The van der Waals surface area contributed by atoms with E-state index in [9.17, 15) is 9.90 Å². The summed E-state index contributed by atoms with van der Waals surface area (Å²) < 4.78 is 6.42. The van der Waals surface area contributed by atoms with E-state index in [1.807, 2.05) is 6.07 Å². The number of carboxylic acids is 1. The molecule has 0 radical (unpaired) electrons. The maximum absolute atomic E-state index is 11.6. The molecule has 1 saturated heterocycles. The molecule has 1 aromatic rings. The Balaban J connectivity index is 1.84. The third-order valence-electron chi connectivity index (χ3n) is 4.81. The van der Waals surface area contributed by atoms with Crippen molar-refractivity contribution in [3.63, 3.8) is 0 Å². The Labute approximate surface area is 127 Å². The molecule has 1 aliphatic carbocycles. The first-order valence-corrected chi connectivity index (χ1v) is 8.16. The molecule has 0 spiro atoms. The summed E-state index contributed by atoms with van der Waals surface area (Å²) >= 11 is 3.47. The van der Waals surface area contributed by atoms with Gasteiger partial charge in [0.15, 0.2) is 0 Å². The Bertz CT molecular complexity index is 487. The fourth-order valence-corrected chi connectivity index (χ4v) is 4.15. The topological polar surface area (TPSA) is 53.7 Å². The number of halogens is 1. The first-order valence-electron chi connectivity index (χ1n) is 7.37. The highest BCUT2D eigenvalue weighted by molar-refractivity contribution is 9.10. The average Bonchev–Trinajstić information content (AvgIpc) is 2.84. The Morgan fingerprint density at radius 3 is 2.85 bits per heavy atom. The van der Waals surface area contributed by atoms with E-state index in [1.54, 1.807) is 6.26 Å². The van der Waals surface area contributed by atoms with Crippen LogP contribution in [0.3, 0.4) is 0 Å². The van der Waals surface area contributed by atoms with Gasteiger partial charge in [0, 0.05) is 6.04 Å². The van der Waals surface area contributed by atoms with Crippen LogP contribution in [0.1, 0.15) is 44.3 Å². The first kappa shape index (κ1) is 14.1. The largest absolute Gasteiger partial charge is 0.480 e. The summed E-state index contributed by atoms with van der Waals surface area (Å²) in [6.07, 6.45) is 8.32. The normalized spacial score (nSPS) is 30.9. The highest BCUT2D eigenvalue weighted by Crippen LogP contribution is 2.39. The molecule has 0 amide bonds. The van der Waals surface area contributed by atoms with Crippen LogP contribution in [-0.2, 0) is 11.3 Å². The number of nitrogens with zero attached hydrogens (tertiary/aromatic N) is 1. The van der Waals surface area contributed by atoms with Gasteiger partial charge in [-0.15, -0.1) is 0 Å². The third-order valence-corrected chi connectivity index (χ3v) is 5.52. The van der Waals surface area contributed by atoms with Crippen molar-refractivity contribution in [1.82, 2.24) is 4.90 Å². The summed E-state index contributed by atoms with van der Waals surface area (Å²) in [5.41, 5.74) is 0. The smallest absolute Gasteiger partial charge is 0.320 e. The van der Waals surface area contributed by atoms with Crippen molar-refractivity contribution in [3.05, 3.63) is 22.6 Å². The summed E-state index contributed by atoms with van der Waals surface area (Å²) in [5, 5.41) is 9.51. The van der Waals surface area contributed by atoms with E-state index in [-0.39, 0.29) is 6.04 Å². The molecule has 1 aromatic heterocycles. The van der Waals surface area contributed by atoms with Crippen molar-refractivity contribution in [2.24, 2.45) is 5.92 Å². The van der Waals surface area contributed by atoms with Crippen molar-refractivity contribution in [1.29, 1.82) is 0 Å². The van der Waals surface area contributed by atoms with Gasteiger partial charge in [0.05, 0.1) is 17.3 Å². The molecule has 4 nitrogen and oxygen atoms in total. The molecule has 0 aromatic carbocycles. The van der Waals surface area contributed by atoms with Crippen LogP contribution >= 0.6 is 15.9 Å². The number of fused-ring (bicyclic) bond motifs is 1. The SMILES string of the molecule is O=C(O)C1CCC2CCCCC2N1Cc1occc1Br. The predicted molar refractivity (Wildman–Crippen MR) is 78.4 cm³/mol. The van der Waals surface area contributed by atoms with Crippen molar-refractivity contribution in [3.8, 4) is 0 Å². The highest BCUT2D eigenvalue weighted by atomic mass is 79.9. The van der Waals surface area contributed by atoms with E-state index < -0.39 is 5.97 Å². The van der Waals surface area contributed by atoms with Gasteiger partial charge >= 0.3 is 5.97 Å². The molecule has 3 unspecified atom stereocenters. The molecule has 2 fully saturated rings. The Kier molecular flexibility index (Phi) is 4.17. The Hall–Kier alpha value is -0.810. The van der Waals surface area contributed by atoms with Crippen LogP contribution in [0.2, 0.25) is 0 Å². The minimum atomic E-state index is -0.697. The predicted octanol–water partition coefficient (Wildman–Crippen LogP) is 3.65. The zero-order valence-electron chi connectivity index (χ0n) is 11.4. The zero-order chi connectivity index (χ0) is 14.1. The van der Waals surface area contributed by atoms with E-state index in [1.165, 1.54) is 19.3 Å². The Morgan fingerprint density at radius 1 is 1.35 bits per heavy atom. The van der Waals surface area contributed by atoms with Crippen LogP contribution in [0, 0.1) is 5.92 Å². The second-order valence-corrected chi connectivity index (χ2v) is 6.76. The van der Waals surface area contributed by atoms with Crippen molar-refractivity contribution in [2.45, 2.75) is 57.2 Å². The second-order valence-electron chi connectivity index (χ2n) is 5.91. The highest BCUT2D eigenvalue weighted by Gasteiger charge is 2.41. The molecule has 5 heteroatoms. The van der Waals surface area contributed by atoms with Gasteiger partial charge in [-0.25, -0.2) is 0 Å². The maximum Gasteiger partial charge on any atom is 0.320 e. The van der Waals surface area contributed by atoms with Gasteiger partial charge in [-0.1, -0.05) is 12.8 Å². The quantitative estimate of drug-likeness (QED) is 0.911. The Morgan fingerprint density at radius 2 is 2.15 bits per heavy atom. The molecule has 0 bridgehead atoms. The molecule has 1 saturated carbocycles. The number of piperidine rings is 1. The van der Waals surface area contributed by atoms with Gasteiger partial charge in [-0.05, 0) is 53.6 Å². The summed E-state index contributed by atoms with van der Waals surface area (Å²) in [5.74, 6) is 0.798. The second kappa shape index (κ2) is 5.90. The van der Waals surface area contributed by atoms with Crippen molar-refractivity contribution in [2.75, 3.05) is 0 Å². The molecule has 2 aliphatic rings. The van der Waals surface area contributed by atoms with Gasteiger partial charge in [0.25, 0.3) is 0 Å². The van der Waals surface area contributed by atoms with Gasteiger partial charge in [0.1, 0.15) is 11.8 Å². The molecule has 110 valence electrons. The third kappa shape index (κ3) is 2.66. The minimum Gasteiger partial charge on any atom is -0.480 e. The summed E-state index contributed by atoms with van der Waals surface area (Å²) in [6, 6.07) is 1.90. The van der Waals surface area contributed by atoms with Crippen LogP contribution in [0.15, 0.2) is 21.2 Å². The number of likely N-dealkylation sites (tertiary alicyclic amines) is 1. The lowest BCUT2D eigenvalue weighted by Crippen LogP contribution is -2.54. The van der Waals surface area contributed by atoms with Gasteiger partial charge in [-0.3, -0.25) is 9.69 Å². The van der Waals surface area contributed by atoms with Crippen LogP contribution in [-0.4, -0.2) is 28.1 Å². The number of aliphatic carboxylic acids is 1. The van der Waals surface area contributed by atoms with E-state index >= 15 is 0 Å². The summed E-state index contributed by atoms with van der Waals surface area (Å²) in [4.78, 5) is 13.7. The molecule has 1 N–H and O–H groups in total. The van der Waals surface area contributed by atoms with Crippen LogP contribution < -0.4 is 0 Å². The lowest BCUT2D eigenvalue weighted by molar-refractivity contribution is -0.148. The van der Waals surface area contributed by atoms with E-state index in [2.05, 4.69) is 20.8 Å². The molecular formula is C15H20BrNO3. The number of carboxylic acid groups (broad SMARTS) is 1. The lowest BCUT2D eigenvalue weighted by atomic mass is 9.76. The van der Waals surface area contributed by atoms with Crippen LogP contribution in [0.4, 0.5) is 0 Å². The van der Waals surface area contributed by atoms with Gasteiger partial charge in [0.2, 0.25) is 0 Å². The van der Waals surface area contributed by atoms with Gasteiger partial charge < -0.3 is 9.52 Å². The first-order chi connectivity index (χ1) is 9.66. The number of furan rings is 1. The number of hydrogen-bond donors (Lipinski definition) is 1. The molecule has 3 atom stereocenters. The fourth-order valence-electron chi connectivity index (χ4n) is 3.83. The summed E-state index contributed by atoms with van der Waals surface area (Å²) in [6.45, 7) is 0.589. The zero-order valence-corrected chi connectivity index (χ0v) is 13.0. The molecule has 1 aliphatic heterocycles. The van der Waals surface area contributed by atoms with E-state index in [0.717, 1.165) is 29.5 Å². The van der Waals surface area contributed by atoms with Crippen molar-refractivity contribution >= 4 is 21.9 Å². The minimum absolute atomic E-state index is 0.369. The monoisotopic (exact) mass is 341 g/mol. The van der Waals surface area contributed by atoms with Crippen LogP contribution in [0.25, 0.3) is 0 Å². The standard InChI is InChI=1S/C15H20BrNO3/c16-11-7-8-20-14(11)9-17-12-4-2-1-3-10(12)5-6-13(17)15(18)19/h7-8,10,12-13H,1-6,9H2,(H,18,19). The van der Waals surface area contributed by atoms with Crippen molar-refractivity contribution < 1.29 is 14.3 Å². The van der Waals surface area contributed by atoms with Gasteiger partial charge in [-0.2, -0.15) is 0 Å². The van der Waals surface area contributed by atoms with E-state index in [0.29, 0.717) is 18.5 Å². The maximum atomic E-state index is 11.6. The average molecular weight is 342 g/mol. The number of hydrogen-bond acceptors (Lipinski definition) is 3. The molecule has 3 rings (SSSR count). The fraction of sp³-hybridized carbons (Fsp3) is 0.667.